The van der Waals surface area contributed by atoms with Crippen molar-refractivity contribution in [3.8, 4) is 0 Å². The highest BCUT2D eigenvalue weighted by molar-refractivity contribution is 7.47. The van der Waals surface area contributed by atoms with Crippen LogP contribution in [-0.2, 0) is 27.9 Å². The molecule has 8 atom stereocenters. The number of aliphatic hydroxyl groups excluding tert-OH is 5. The number of rotatable bonds is 31. The van der Waals surface area contributed by atoms with Gasteiger partial charge in [0.05, 0.1) is 13.2 Å². The number of esters is 1. The van der Waals surface area contributed by atoms with E-state index in [1.54, 1.807) is 6.92 Å². The highest BCUT2D eigenvalue weighted by atomic mass is 31.2. The first-order valence-electron chi connectivity index (χ1n) is 18.9. The van der Waals surface area contributed by atoms with Crippen LogP contribution in [0, 0.1) is 0 Å². The van der Waals surface area contributed by atoms with Gasteiger partial charge in [-0.25, -0.2) is 4.57 Å². The molecule has 13 heteroatoms. The molecule has 6 unspecified atom stereocenters. The molecule has 1 rings (SSSR count). The van der Waals surface area contributed by atoms with Crippen LogP contribution >= 0.6 is 7.82 Å². The molecule has 48 heavy (non-hydrogen) atoms. The molecule has 1 aliphatic carbocycles. The summed E-state index contributed by atoms with van der Waals surface area (Å²) in [5, 5.41) is 49.5. The van der Waals surface area contributed by atoms with Crippen molar-refractivity contribution in [1.29, 1.82) is 0 Å². The minimum absolute atomic E-state index is 0.0765. The molecule has 12 nitrogen and oxygen atoms in total. The van der Waals surface area contributed by atoms with Crippen LogP contribution in [0.3, 0.4) is 0 Å². The fourth-order valence-electron chi connectivity index (χ4n) is 5.92. The molecule has 0 heterocycles. The molecular weight excluding hydrogens is 643 g/mol. The topological polar surface area (TPSA) is 192 Å². The minimum atomic E-state index is -4.97. The van der Waals surface area contributed by atoms with Gasteiger partial charge in [0.25, 0.3) is 0 Å². The van der Waals surface area contributed by atoms with Crippen molar-refractivity contribution in [2.75, 3.05) is 19.8 Å². The van der Waals surface area contributed by atoms with Crippen molar-refractivity contribution in [1.82, 2.24) is 0 Å². The Morgan fingerprint density at radius 2 is 0.979 bits per heavy atom. The maximum absolute atomic E-state index is 12.5. The van der Waals surface area contributed by atoms with Gasteiger partial charge in [0, 0.05) is 13.0 Å². The van der Waals surface area contributed by atoms with Gasteiger partial charge in [-0.05, 0) is 12.8 Å². The van der Waals surface area contributed by atoms with Crippen molar-refractivity contribution < 1.29 is 58.3 Å². The van der Waals surface area contributed by atoms with E-state index in [-0.39, 0.29) is 13.0 Å². The van der Waals surface area contributed by atoms with Crippen LogP contribution in [-0.4, -0.2) is 98.9 Å². The first-order valence-corrected chi connectivity index (χ1v) is 20.4. The lowest BCUT2D eigenvalue weighted by molar-refractivity contribution is -0.220. The summed E-state index contributed by atoms with van der Waals surface area (Å²) in [4.78, 5) is 22.2. The molecule has 1 fully saturated rings. The predicted molar refractivity (Wildman–Crippen MR) is 184 cm³/mol. The Hall–Kier alpha value is -0.660. The van der Waals surface area contributed by atoms with Gasteiger partial charge in [-0.2, -0.15) is 0 Å². The summed E-state index contributed by atoms with van der Waals surface area (Å²) in [6, 6.07) is 0. The number of aliphatic hydroxyl groups is 5. The molecule has 0 aromatic carbocycles. The second-order valence-electron chi connectivity index (χ2n) is 13.4. The molecule has 0 radical (unpaired) electrons. The molecule has 6 N–H and O–H groups in total. The van der Waals surface area contributed by atoms with E-state index in [2.05, 4.69) is 6.92 Å². The second-order valence-corrected chi connectivity index (χ2v) is 14.8. The zero-order chi connectivity index (χ0) is 35.6. The van der Waals surface area contributed by atoms with E-state index in [1.165, 1.54) is 109 Å². The number of hydrogen-bond donors (Lipinski definition) is 6. The van der Waals surface area contributed by atoms with Gasteiger partial charge in [0.15, 0.2) is 0 Å². The van der Waals surface area contributed by atoms with E-state index in [4.69, 9.17) is 18.5 Å². The van der Waals surface area contributed by atoms with Gasteiger partial charge in [0.2, 0.25) is 0 Å². The number of carbonyl (C=O) groups is 1. The Morgan fingerprint density at radius 1 is 0.583 bits per heavy atom. The smallest absolute Gasteiger partial charge is 0.457 e. The SMILES string of the molecule is CCCCCCCCCCCCCCCCCCCCCCOC[C@H](COP(=O)(O)OC1C(O)C(O)C(O)[C@@H](O)C1O)OC(=O)CCC. The molecule has 0 spiro atoms. The van der Waals surface area contributed by atoms with Crippen LogP contribution in [0.2, 0.25) is 0 Å². The van der Waals surface area contributed by atoms with Crippen LogP contribution < -0.4 is 0 Å². The average Bonchev–Trinajstić information content (AvgIpc) is 3.06. The zero-order valence-corrected chi connectivity index (χ0v) is 30.7. The molecule has 0 bridgehead atoms. The third-order valence-electron chi connectivity index (χ3n) is 8.95. The molecule has 0 amide bonds. The summed E-state index contributed by atoms with van der Waals surface area (Å²) in [5.41, 5.74) is 0. The van der Waals surface area contributed by atoms with Gasteiger partial charge in [-0.3, -0.25) is 13.8 Å². The highest BCUT2D eigenvalue weighted by Gasteiger charge is 2.51. The number of hydrogen-bond acceptors (Lipinski definition) is 11. The Labute approximate surface area is 289 Å². The summed E-state index contributed by atoms with van der Waals surface area (Å²) in [5.74, 6) is -0.527. The monoisotopic (exact) mass is 712 g/mol. The van der Waals surface area contributed by atoms with Gasteiger partial charge in [0.1, 0.15) is 42.7 Å². The molecule has 0 aromatic rings. The Bertz CT molecular complexity index is 817. The fraction of sp³-hybridized carbons (Fsp3) is 0.971. The first-order chi connectivity index (χ1) is 23.0. The van der Waals surface area contributed by atoms with Crippen LogP contribution in [0.5, 0.6) is 0 Å². The van der Waals surface area contributed by atoms with Gasteiger partial charge in [-0.1, -0.05) is 136 Å². The second kappa shape index (κ2) is 28.0. The normalized spacial score (nSPS) is 24.8. The van der Waals surface area contributed by atoms with Crippen LogP contribution in [0.25, 0.3) is 0 Å². The number of unbranched alkanes of at least 4 members (excludes halogenated alkanes) is 19. The van der Waals surface area contributed by atoms with Crippen molar-refractivity contribution in [2.24, 2.45) is 0 Å². The third kappa shape index (κ3) is 20.9. The lowest BCUT2D eigenvalue weighted by atomic mass is 9.85. The van der Waals surface area contributed by atoms with Crippen LogP contribution in [0.1, 0.15) is 155 Å². The Kier molecular flexibility index (Phi) is 26.5. The van der Waals surface area contributed by atoms with Gasteiger partial charge < -0.3 is 39.9 Å². The van der Waals surface area contributed by atoms with E-state index in [0.29, 0.717) is 13.0 Å². The van der Waals surface area contributed by atoms with Crippen molar-refractivity contribution in [2.45, 2.75) is 198 Å². The summed E-state index contributed by atoms with van der Waals surface area (Å²) >= 11 is 0. The van der Waals surface area contributed by atoms with Gasteiger partial charge >= 0.3 is 13.8 Å². The van der Waals surface area contributed by atoms with E-state index in [0.717, 1.165) is 19.3 Å². The molecule has 286 valence electrons. The quantitative estimate of drug-likeness (QED) is 0.0286. The van der Waals surface area contributed by atoms with E-state index >= 15 is 0 Å². The molecular formula is C35H69O12P. The van der Waals surface area contributed by atoms with Crippen molar-refractivity contribution >= 4 is 13.8 Å². The fourth-order valence-corrected chi connectivity index (χ4v) is 6.89. The van der Waals surface area contributed by atoms with Crippen LogP contribution in [0.15, 0.2) is 0 Å². The largest absolute Gasteiger partial charge is 0.472 e. The number of phosphoric ester groups is 1. The first kappa shape index (κ1) is 45.4. The maximum atomic E-state index is 12.5. The summed E-state index contributed by atoms with van der Waals surface area (Å²) in [6.07, 6.45) is 14.0. The minimum Gasteiger partial charge on any atom is -0.457 e. The Morgan fingerprint density at radius 3 is 1.40 bits per heavy atom. The summed E-state index contributed by atoms with van der Waals surface area (Å²) in [6.45, 7) is 3.84. The number of ether oxygens (including phenoxy) is 2. The van der Waals surface area contributed by atoms with Crippen molar-refractivity contribution in [3.05, 3.63) is 0 Å². The third-order valence-corrected chi connectivity index (χ3v) is 9.93. The highest BCUT2D eigenvalue weighted by Crippen LogP contribution is 2.47. The zero-order valence-electron chi connectivity index (χ0n) is 29.8. The lowest BCUT2D eigenvalue weighted by Crippen LogP contribution is -2.64. The van der Waals surface area contributed by atoms with E-state index in [1.807, 2.05) is 0 Å². The van der Waals surface area contributed by atoms with E-state index < -0.39 is 63.1 Å². The molecule has 0 aliphatic heterocycles. The summed E-state index contributed by atoms with van der Waals surface area (Å²) in [7, 11) is -4.97. The van der Waals surface area contributed by atoms with Crippen LogP contribution in [0.4, 0.5) is 0 Å². The average molecular weight is 713 g/mol. The Balaban J connectivity index is 2.15. The van der Waals surface area contributed by atoms with Crippen molar-refractivity contribution in [3.63, 3.8) is 0 Å². The number of carbonyl (C=O) groups excluding carboxylic acids is 1. The molecule has 0 aromatic heterocycles. The lowest BCUT2D eigenvalue weighted by Gasteiger charge is -2.41. The molecule has 0 saturated heterocycles. The van der Waals surface area contributed by atoms with Gasteiger partial charge in [-0.15, -0.1) is 0 Å². The maximum Gasteiger partial charge on any atom is 0.472 e. The molecule has 1 saturated carbocycles. The standard InChI is InChI=1S/C35H69O12P/c1-3-5-6-7-8-9-10-11-12-13-14-15-16-17-18-19-20-21-22-23-25-44-26-28(46-29(36)24-4-2)27-45-48(42,43)47-35-33(40)31(38)30(37)32(39)34(35)41/h28,30-35,37-41H,3-27H2,1-2H3,(H,42,43)/t28-,30?,31-,32?,33?,34?,35?/m1/s1. The molecule has 1 aliphatic rings. The summed E-state index contributed by atoms with van der Waals surface area (Å²) < 4.78 is 33.3. The van der Waals surface area contributed by atoms with E-state index in [9.17, 15) is 39.8 Å². The number of phosphoric acid groups is 1. The predicted octanol–water partition coefficient (Wildman–Crippen LogP) is 5.86.